The highest BCUT2D eigenvalue weighted by Crippen LogP contribution is 2.20. The van der Waals surface area contributed by atoms with Gasteiger partial charge in [0, 0.05) is 25.8 Å². The van der Waals surface area contributed by atoms with Gasteiger partial charge in [0.2, 0.25) is 0 Å². The first kappa shape index (κ1) is 12.0. The zero-order valence-corrected chi connectivity index (χ0v) is 9.75. The van der Waals surface area contributed by atoms with E-state index < -0.39 is 0 Å². The SMILES string of the molecule is CNC(CC1CCOCC1)CN(C)C. The lowest BCUT2D eigenvalue weighted by molar-refractivity contribution is 0.0598. The molecule has 0 saturated carbocycles. The first-order chi connectivity index (χ1) is 6.72. The van der Waals surface area contributed by atoms with E-state index in [0.717, 1.165) is 25.7 Å². The highest BCUT2D eigenvalue weighted by molar-refractivity contribution is 4.74. The molecule has 0 spiro atoms. The normalized spacial score (nSPS) is 21.4. The number of hydrogen-bond donors (Lipinski definition) is 1. The lowest BCUT2D eigenvalue weighted by atomic mass is 9.92. The maximum Gasteiger partial charge on any atom is 0.0468 e. The molecule has 0 bridgehead atoms. The van der Waals surface area contributed by atoms with E-state index in [9.17, 15) is 0 Å². The van der Waals surface area contributed by atoms with Gasteiger partial charge in [0.1, 0.15) is 0 Å². The van der Waals surface area contributed by atoms with Crippen molar-refractivity contribution in [2.24, 2.45) is 5.92 Å². The summed E-state index contributed by atoms with van der Waals surface area (Å²) in [5, 5.41) is 3.40. The van der Waals surface area contributed by atoms with Crippen molar-refractivity contribution in [3.8, 4) is 0 Å². The van der Waals surface area contributed by atoms with Gasteiger partial charge < -0.3 is 15.0 Å². The van der Waals surface area contributed by atoms with Crippen LogP contribution in [0.1, 0.15) is 19.3 Å². The summed E-state index contributed by atoms with van der Waals surface area (Å²) < 4.78 is 5.37. The number of hydrogen-bond acceptors (Lipinski definition) is 3. The molecule has 3 heteroatoms. The van der Waals surface area contributed by atoms with Crippen molar-refractivity contribution in [2.45, 2.75) is 25.3 Å². The first-order valence-electron chi connectivity index (χ1n) is 5.62. The Morgan fingerprint density at radius 3 is 2.50 bits per heavy atom. The molecule has 1 aliphatic heterocycles. The number of likely N-dealkylation sites (N-methyl/N-ethyl adjacent to an activating group) is 2. The Bertz CT molecular complexity index is 144. The van der Waals surface area contributed by atoms with E-state index in [-0.39, 0.29) is 0 Å². The van der Waals surface area contributed by atoms with Gasteiger partial charge in [-0.25, -0.2) is 0 Å². The Kier molecular flexibility index (Phi) is 5.45. The molecule has 0 aromatic carbocycles. The fraction of sp³-hybridized carbons (Fsp3) is 1.00. The highest BCUT2D eigenvalue weighted by atomic mass is 16.5. The molecule has 1 fully saturated rings. The van der Waals surface area contributed by atoms with Gasteiger partial charge in [0.15, 0.2) is 0 Å². The molecule has 0 aliphatic carbocycles. The Morgan fingerprint density at radius 1 is 1.36 bits per heavy atom. The summed E-state index contributed by atoms with van der Waals surface area (Å²) >= 11 is 0. The average molecular weight is 200 g/mol. The topological polar surface area (TPSA) is 24.5 Å². The molecule has 84 valence electrons. The molecule has 0 aromatic rings. The fourth-order valence-electron chi connectivity index (χ4n) is 2.11. The molecule has 1 aliphatic rings. The molecule has 0 aromatic heterocycles. The van der Waals surface area contributed by atoms with Gasteiger partial charge in [-0.3, -0.25) is 0 Å². The third kappa shape index (κ3) is 4.40. The second-order valence-corrected chi connectivity index (χ2v) is 4.54. The predicted octanol–water partition coefficient (Wildman–Crippen LogP) is 0.953. The maximum atomic E-state index is 5.37. The van der Waals surface area contributed by atoms with Crippen molar-refractivity contribution in [1.29, 1.82) is 0 Å². The molecule has 0 radical (unpaired) electrons. The van der Waals surface area contributed by atoms with Crippen LogP contribution in [-0.2, 0) is 4.74 Å². The van der Waals surface area contributed by atoms with Crippen molar-refractivity contribution in [2.75, 3.05) is 40.9 Å². The lowest BCUT2D eigenvalue weighted by Gasteiger charge is -2.28. The number of ether oxygens (including phenoxy) is 1. The third-order valence-corrected chi connectivity index (χ3v) is 2.95. The maximum absolute atomic E-state index is 5.37. The zero-order chi connectivity index (χ0) is 10.4. The Hall–Kier alpha value is -0.120. The van der Waals surface area contributed by atoms with Gasteiger partial charge in [-0.15, -0.1) is 0 Å². The number of nitrogens with one attached hydrogen (secondary N) is 1. The van der Waals surface area contributed by atoms with E-state index in [0.29, 0.717) is 6.04 Å². The largest absolute Gasteiger partial charge is 0.381 e. The molecular formula is C11H24N2O. The van der Waals surface area contributed by atoms with E-state index in [1.165, 1.54) is 19.3 Å². The van der Waals surface area contributed by atoms with Gasteiger partial charge in [-0.2, -0.15) is 0 Å². The van der Waals surface area contributed by atoms with E-state index in [1.54, 1.807) is 0 Å². The molecule has 3 nitrogen and oxygen atoms in total. The van der Waals surface area contributed by atoms with E-state index >= 15 is 0 Å². The minimum atomic E-state index is 0.632. The van der Waals surface area contributed by atoms with Crippen LogP contribution in [0.3, 0.4) is 0 Å². The summed E-state index contributed by atoms with van der Waals surface area (Å²) in [6.07, 6.45) is 3.77. The van der Waals surface area contributed by atoms with Crippen molar-refractivity contribution in [3.05, 3.63) is 0 Å². The molecule has 1 N–H and O–H groups in total. The van der Waals surface area contributed by atoms with Crippen LogP contribution in [0.4, 0.5) is 0 Å². The molecular weight excluding hydrogens is 176 g/mol. The Labute approximate surface area is 87.8 Å². The summed E-state index contributed by atoms with van der Waals surface area (Å²) in [5.74, 6) is 0.862. The smallest absolute Gasteiger partial charge is 0.0468 e. The number of nitrogens with zero attached hydrogens (tertiary/aromatic N) is 1. The van der Waals surface area contributed by atoms with Crippen LogP contribution in [0.5, 0.6) is 0 Å². The standard InChI is InChI=1S/C11H24N2O/c1-12-11(9-13(2)3)8-10-4-6-14-7-5-10/h10-12H,4-9H2,1-3H3. The molecule has 1 saturated heterocycles. The van der Waals surface area contributed by atoms with Crippen molar-refractivity contribution in [3.63, 3.8) is 0 Å². The average Bonchev–Trinajstić information content (AvgIpc) is 2.17. The summed E-state index contributed by atoms with van der Waals surface area (Å²) in [7, 11) is 6.33. The monoisotopic (exact) mass is 200 g/mol. The third-order valence-electron chi connectivity index (χ3n) is 2.95. The fourth-order valence-corrected chi connectivity index (χ4v) is 2.11. The van der Waals surface area contributed by atoms with Gasteiger partial charge in [0.05, 0.1) is 0 Å². The lowest BCUT2D eigenvalue weighted by Crippen LogP contribution is -2.38. The van der Waals surface area contributed by atoms with Gasteiger partial charge in [-0.1, -0.05) is 0 Å². The van der Waals surface area contributed by atoms with E-state index in [1.807, 2.05) is 0 Å². The molecule has 0 amide bonds. The van der Waals surface area contributed by atoms with Gasteiger partial charge >= 0.3 is 0 Å². The summed E-state index contributed by atoms with van der Waals surface area (Å²) in [6.45, 7) is 3.06. The van der Waals surface area contributed by atoms with Crippen LogP contribution >= 0.6 is 0 Å². The van der Waals surface area contributed by atoms with Crippen molar-refractivity contribution >= 4 is 0 Å². The second-order valence-electron chi connectivity index (χ2n) is 4.54. The van der Waals surface area contributed by atoms with Crippen LogP contribution in [0.15, 0.2) is 0 Å². The van der Waals surface area contributed by atoms with Crippen LogP contribution in [0, 0.1) is 5.92 Å². The first-order valence-corrected chi connectivity index (χ1v) is 5.62. The summed E-state index contributed by atoms with van der Waals surface area (Å²) in [6, 6.07) is 0.632. The van der Waals surface area contributed by atoms with E-state index in [4.69, 9.17) is 4.74 Å². The minimum Gasteiger partial charge on any atom is -0.381 e. The Balaban J connectivity index is 2.23. The molecule has 1 rings (SSSR count). The molecule has 1 unspecified atom stereocenters. The van der Waals surface area contributed by atoms with Crippen LogP contribution < -0.4 is 5.32 Å². The minimum absolute atomic E-state index is 0.632. The van der Waals surface area contributed by atoms with Gasteiger partial charge in [-0.05, 0) is 46.3 Å². The second kappa shape index (κ2) is 6.38. The van der Waals surface area contributed by atoms with E-state index in [2.05, 4.69) is 31.4 Å². The van der Waals surface area contributed by atoms with Crippen LogP contribution in [0.25, 0.3) is 0 Å². The Morgan fingerprint density at radius 2 is 2.00 bits per heavy atom. The van der Waals surface area contributed by atoms with Crippen LogP contribution in [0.2, 0.25) is 0 Å². The van der Waals surface area contributed by atoms with Crippen molar-refractivity contribution < 1.29 is 4.74 Å². The summed E-state index contributed by atoms with van der Waals surface area (Å²) in [5.41, 5.74) is 0. The zero-order valence-electron chi connectivity index (χ0n) is 9.75. The number of rotatable bonds is 5. The molecule has 1 heterocycles. The highest BCUT2D eigenvalue weighted by Gasteiger charge is 2.18. The van der Waals surface area contributed by atoms with Crippen molar-refractivity contribution in [1.82, 2.24) is 10.2 Å². The van der Waals surface area contributed by atoms with Gasteiger partial charge in [0.25, 0.3) is 0 Å². The molecule has 1 atom stereocenters. The van der Waals surface area contributed by atoms with Crippen LogP contribution in [-0.4, -0.2) is 51.8 Å². The quantitative estimate of drug-likeness (QED) is 0.715. The molecule has 14 heavy (non-hydrogen) atoms. The predicted molar refractivity (Wildman–Crippen MR) is 59.6 cm³/mol. The summed E-state index contributed by atoms with van der Waals surface area (Å²) in [4.78, 5) is 2.25.